The second-order valence-corrected chi connectivity index (χ2v) is 4.66. The van der Waals surface area contributed by atoms with Crippen molar-refractivity contribution >= 4 is 12.0 Å². The lowest BCUT2D eigenvalue weighted by molar-refractivity contribution is -0.117. The first-order chi connectivity index (χ1) is 10.6. The van der Waals surface area contributed by atoms with E-state index in [9.17, 15) is 9.18 Å². The van der Waals surface area contributed by atoms with Crippen LogP contribution in [-0.4, -0.2) is 10.9 Å². The predicted octanol–water partition coefficient (Wildman–Crippen LogP) is 3.01. The van der Waals surface area contributed by atoms with Gasteiger partial charge >= 0.3 is 0 Å². The van der Waals surface area contributed by atoms with Crippen LogP contribution in [0.4, 0.5) is 4.39 Å². The Hall–Kier alpha value is -3.00. The standard InChI is InChI=1S/C17H14FN3O/c1-12(13-6-3-2-4-7-13)21-17(22)15(11-19)10-14-8-5-9-20-16(14)18/h2-10,12H,1H3,(H,21,22)/b15-10+/t12-/m0/s1. The largest absolute Gasteiger partial charge is 0.345 e. The number of carbonyl (C=O) groups is 1. The molecule has 1 aromatic heterocycles. The Morgan fingerprint density at radius 1 is 1.32 bits per heavy atom. The molecular formula is C17H14FN3O. The Morgan fingerprint density at radius 3 is 2.68 bits per heavy atom. The Morgan fingerprint density at radius 2 is 2.05 bits per heavy atom. The van der Waals surface area contributed by atoms with Crippen LogP contribution in [0.25, 0.3) is 6.08 Å². The van der Waals surface area contributed by atoms with Gasteiger partial charge in [-0.05, 0) is 30.7 Å². The van der Waals surface area contributed by atoms with Crippen molar-refractivity contribution < 1.29 is 9.18 Å². The van der Waals surface area contributed by atoms with Crippen LogP contribution in [-0.2, 0) is 4.79 Å². The van der Waals surface area contributed by atoms with E-state index in [2.05, 4.69) is 10.3 Å². The molecule has 0 radical (unpaired) electrons. The zero-order chi connectivity index (χ0) is 15.9. The zero-order valence-electron chi connectivity index (χ0n) is 12.0. The minimum absolute atomic E-state index is 0.0987. The number of hydrogen-bond acceptors (Lipinski definition) is 3. The number of aromatic nitrogens is 1. The van der Waals surface area contributed by atoms with E-state index in [1.165, 1.54) is 24.4 Å². The van der Waals surface area contributed by atoms with Gasteiger partial charge in [-0.25, -0.2) is 4.98 Å². The summed E-state index contributed by atoms with van der Waals surface area (Å²) in [6.45, 7) is 1.81. The predicted molar refractivity (Wildman–Crippen MR) is 80.8 cm³/mol. The second kappa shape index (κ2) is 7.14. The molecule has 5 heteroatoms. The average Bonchev–Trinajstić information content (AvgIpc) is 2.54. The van der Waals surface area contributed by atoms with Crippen LogP contribution in [0.2, 0.25) is 0 Å². The van der Waals surface area contributed by atoms with Crippen LogP contribution >= 0.6 is 0 Å². The molecule has 0 unspecified atom stereocenters. The molecule has 0 aliphatic heterocycles. The molecule has 1 atom stereocenters. The summed E-state index contributed by atoms with van der Waals surface area (Å²) in [5.41, 5.74) is 0.844. The summed E-state index contributed by atoms with van der Waals surface area (Å²) >= 11 is 0. The molecule has 22 heavy (non-hydrogen) atoms. The van der Waals surface area contributed by atoms with E-state index in [0.717, 1.165) is 5.56 Å². The van der Waals surface area contributed by atoms with Crippen molar-refractivity contribution in [3.05, 3.63) is 71.3 Å². The number of hydrogen-bond donors (Lipinski definition) is 1. The normalized spacial score (nSPS) is 12.3. The van der Waals surface area contributed by atoms with E-state index in [4.69, 9.17) is 5.26 Å². The quantitative estimate of drug-likeness (QED) is 0.535. The molecule has 4 nitrogen and oxygen atoms in total. The minimum atomic E-state index is -0.723. The van der Waals surface area contributed by atoms with Crippen LogP contribution in [0.1, 0.15) is 24.1 Å². The maximum Gasteiger partial charge on any atom is 0.262 e. The first kappa shape index (κ1) is 15.4. The summed E-state index contributed by atoms with van der Waals surface area (Å²) in [5, 5.41) is 11.8. The van der Waals surface area contributed by atoms with Gasteiger partial charge in [0.25, 0.3) is 5.91 Å². The molecule has 1 aromatic carbocycles. The van der Waals surface area contributed by atoms with Crippen molar-refractivity contribution in [3.8, 4) is 6.07 Å². The summed E-state index contributed by atoms with van der Waals surface area (Å²) in [7, 11) is 0. The maximum absolute atomic E-state index is 13.5. The van der Waals surface area contributed by atoms with Crippen molar-refractivity contribution in [3.63, 3.8) is 0 Å². The van der Waals surface area contributed by atoms with E-state index in [1.54, 1.807) is 6.07 Å². The van der Waals surface area contributed by atoms with Crippen LogP contribution in [0.3, 0.4) is 0 Å². The number of nitrogens with zero attached hydrogens (tertiary/aromatic N) is 2. The molecule has 2 rings (SSSR count). The van der Waals surface area contributed by atoms with Gasteiger partial charge in [0.15, 0.2) is 0 Å². The van der Waals surface area contributed by atoms with E-state index < -0.39 is 11.9 Å². The van der Waals surface area contributed by atoms with Gasteiger partial charge in [0.05, 0.1) is 6.04 Å². The van der Waals surface area contributed by atoms with Crippen molar-refractivity contribution in [2.45, 2.75) is 13.0 Å². The molecule has 110 valence electrons. The van der Waals surface area contributed by atoms with Gasteiger partial charge < -0.3 is 5.32 Å². The van der Waals surface area contributed by atoms with Crippen LogP contribution in [0.5, 0.6) is 0 Å². The van der Waals surface area contributed by atoms with E-state index in [-0.39, 0.29) is 17.2 Å². The van der Waals surface area contributed by atoms with Gasteiger partial charge in [-0.15, -0.1) is 0 Å². The lowest BCUT2D eigenvalue weighted by atomic mass is 10.1. The fraction of sp³-hybridized carbons (Fsp3) is 0.118. The SMILES string of the molecule is C[C@H](NC(=O)/C(C#N)=C/c1cccnc1F)c1ccccc1. The Balaban J connectivity index is 2.17. The first-order valence-electron chi connectivity index (χ1n) is 6.70. The number of rotatable bonds is 4. The van der Waals surface area contributed by atoms with Crippen LogP contribution < -0.4 is 5.32 Å². The highest BCUT2D eigenvalue weighted by molar-refractivity contribution is 6.01. The molecule has 0 aliphatic carbocycles. The van der Waals surface area contributed by atoms with Gasteiger partial charge in [-0.3, -0.25) is 4.79 Å². The molecule has 0 spiro atoms. The topological polar surface area (TPSA) is 65.8 Å². The summed E-state index contributed by atoms with van der Waals surface area (Å²) in [5.74, 6) is -1.28. The third kappa shape index (κ3) is 3.76. The van der Waals surface area contributed by atoms with E-state index in [0.29, 0.717) is 0 Å². The summed E-state index contributed by atoms with van der Waals surface area (Å²) in [6.07, 6.45) is 2.49. The molecule has 0 bridgehead atoms. The second-order valence-electron chi connectivity index (χ2n) is 4.66. The highest BCUT2D eigenvalue weighted by Gasteiger charge is 2.14. The highest BCUT2D eigenvalue weighted by atomic mass is 19.1. The molecule has 0 saturated carbocycles. The molecule has 0 fully saturated rings. The number of nitriles is 1. The Kier molecular flexibility index (Phi) is 4.99. The number of nitrogens with one attached hydrogen (secondary N) is 1. The van der Waals surface area contributed by atoms with Gasteiger partial charge in [-0.2, -0.15) is 9.65 Å². The van der Waals surface area contributed by atoms with E-state index in [1.807, 2.05) is 37.3 Å². The average molecular weight is 295 g/mol. The first-order valence-corrected chi connectivity index (χ1v) is 6.70. The monoisotopic (exact) mass is 295 g/mol. The Labute approximate surface area is 127 Å². The number of carbonyl (C=O) groups excluding carboxylic acids is 1. The van der Waals surface area contributed by atoms with Crippen LogP contribution in [0, 0.1) is 17.3 Å². The fourth-order valence-electron chi connectivity index (χ4n) is 1.91. The molecule has 0 saturated heterocycles. The van der Waals surface area contributed by atoms with Gasteiger partial charge in [0.2, 0.25) is 5.95 Å². The maximum atomic E-state index is 13.5. The molecule has 2 aromatic rings. The van der Waals surface area contributed by atoms with Crippen molar-refractivity contribution in [1.82, 2.24) is 10.3 Å². The zero-order valence-corrected chi connectivity index (χ0v) is 12.0. The van der Waals surface area contributed by atoms with Crippen molar-refractivity contribution in [2.24, 2.45) is 0 Å². The fourth-order valence-corrected chi connectivity index (χ4v) is 1.91. The number of benzene rings is 1. The van der Waals surface area contributed by atoms with E-state index >= 15 is 0 Å². The Bertz CT molecular complexity index is 735. The molecule has 1 heterocycles. The molecule has 1 amide bonds. The number of amides is 1. The number of halogens is 1. The summed E-state index contributed by atoms with van der Waals surface area (Å²) < 4.78 is 13.5. The summed E-state index contributed by atoms with van der Waals surface area (Å²) in [6, 6.07) is 13.9. The molecule has 0 aliphatic rings. The third-order valence-electron chi connectivity index (χ3n) is 3.10. The molecule has 1 N–H and O–H groups in total. The number of pyridine rings is 1. The third-order valence-corrected chi connectivity index (χ3v) is 3.10. The lowest BCUT2D eigenvalue weighted by Crippen LogP contribution is -2.27. The molecular weight excluding hydrogens is 281 g/mol. The van der Waals surface area contributed by atoms with Crippen molar-refractivity contribution in [1.29, 1.82) is 5.26 Å². The van der Waals surface area contributed by atoms with Gasteiger partial charge in [-0.1, -0.05) is 30.3 Å². The summed E-state index contributed by atoms with van der Waals surface area (Å²) in [4.78, 5) is 15.6. The van der Waals surface area contributed by atoms with Crippen LogP contribution in [0.15, 0.2) is 54.2 Å². The van der Waals surface area contributed by atoms with Crippen molar-refractivity contribution in [2.75, 3.05) is 0 Å². The highest BCUT2D eigenvalue weighted by Crippen LogP contribution is 2.14. The lowest BCUT2D eigenvalue weighted by Gasteiger charge is -2.13. The van der Waals surface area contributed by atoms with Gasteiger partial charge in [0.1, 0.15) is 11.6 Å². The smallest absolute Gasteiger partial charge is 0.262 e. The van der Waals surface area contributed by atoms with Gasteiger partial charge in [0, 0.05) is 11.8 Å². The minimum Gasteiger partial charge on any atom is -0.345 e.